The quantitative estimate of drug-likeness (QED) is 0.716. The van der Waals surface area contributed by atoms with E-state index in [0.717, 1.165) is 11.3 Å². The molecule has 0 fully saturated rings. The molecule has 0 atom stereocenters. The maximum atomic E-state index is 11.9. The van der Waals surface area contributed by atoms with Crippen LogP contribution < -0.4 is 5.32 Å². The van der Waals surface area contributed by atoms with Gasteiger partial charge in [-0.2, -0.15) is 0 Å². The highest BCUT2D eigenvalue weighted by atomic mass is 35.5. The third kappa shape index (κ3) is 3.55. The molecular weight excluding hydrogens is 330 g/mol. The van der Waals surface area contributed by atoms with Crippen molar-refractivity contribution in [1.29, 1.82) is 0 Å². The number of aromatic nitrogens is 2. The Balaban J connectivity index is 1.70. The normalized spacial score (nSPS) is 11.1. The summed E-state index contributed by atoms with van der Waals surface area (Å²) in [6.07, 6.45) is 2.96. The lowest BCUT2D eigenvalue weighted by Crippen LogP contribution is -2.07. The van der Waals surface area contributed by atoms with E-state index >= 15 is 0 Å². The van der Waals surface area contributed by atoms with Crippen LogP contribution in [-0.2, 0) is 4.79 Å². The highest BCUT2D eigenvalue weighted by Gasteiger charge is 2.15. The molecule has 122 valence electrons. The lowest BCUT2D eigenvalue weighted by molar-refractivity contribution is -0.112. The minimum atomic E-state index is -0.398. The van der Waals surface area contributed by atoms with Gasteiger partial charge in [-0.1, -0.05) is 34.9 Å². The molecule has 0 radical (unpaired) electrons. The fourth-order valence-electron chi connectivity index (χ4n) is 2.15. The number of carbonyl (C=O) groups is 1. The number of furan rings is 1. The average Bonchev–Trinajstić information content (AvgIpc) is 3.12. The number of benzene rings is 1. The number of aryl methyl sites for hydroxylation is 2. The van der Waals surface area contributed by atoms with Gasteiger partial charge < -0.3 is 8.83 Å². The first-order valence-corrected chi connectivity index (χ1v) is 7.55. The van der Waals surface area contributed by atoms with Crippen molar-refractivity contribution >= 4 is 29.6 Å². The van der Waals surface area contributed by atoms with Gasteiger partial charge in [0.25, 0.3) is 11.8 Å². The van der Waals surface area contributed by atoms with Gasteiger partial charge in [-0.25, -0.2) is 0 Å². The number of anilines is 1. The molecule has 0 aliphatic carbocycles. The minimum Gasteiger partial charge on any atom is -0.466 e. The second-order valence-corrected chi connectivity index (χ2v) is 5.49. The molecule has 1 N–H and O–H groups in total. The zero-order chi connectivity index (χ0) is 17.1. The fraction of sp³-hybridized carbons (Fsp3) is 0.118. The Kier molecular flexibility index (Phi) is 4.48. The van der Waals surface area contributed by atoms with Crippen LogP contribution in [0.15, 0.2) is 45.2 Å². The number of halogens is 1. The van der Waals surface area contributed by atoms with Gasteiger partial charge in [-0.3, -0.25) is 10.1 Å². The summed E-state index contributed by atoms with van der Waals surface area (Å²) in [7, 11) is 0. The first-order valence-electron chi connectivity index (χ1n) is 7.17. The highest BCUT2D eigenvalue weighted by Crippen LogP contribution is 2.26. The Morgan fingerprint density at radius 3 is 2.71 bits per heavy atom. The average molecular weight is 344 g/mol. The first-order chi connectivity index (χ1) is 11.5. The Morgan fingerprint density at radius 1 is 1.21 bits per heavy atom. The number of carbonyl (C=O) groups excluding carboxylic acids is 1. The van der Waals surface area contributed by atoms with Crippen LogP contribution in [0.5, 0.6) is 0 Å². The van der Waals surface area contributed by atoms with Crippen molar-refractivity contribution < 1.29 is 13.6 Å². The second kappa shape index (κ2) is 6.72. The van der Waals surface area contributed by atoms with Gasteiger partial charge in [0, 0.05) is 11.1 Å². The van der Waals surface area contributed by atoms with Crippen LogP contribution in [0.4, 0.5) is 6.01 Å². The number of hydrogen-bond donors (Lipinski definition) is 1. The Bertz CT molecular complexity index is 911. The Labute approximate surface area is 143 Å². The number of nitrogens with one attached hydrogen (secondary N) is 1. The maximum absolute atomic E-state index is 11.9. The summed E-state index contributed by atoms with van der Waals surface area (Å²) in [4.78, 5) is 11.9. The van der Waals surface area contributed by atoms with Crippen molar-refractivity contribution in [2.45, 2.75) is 13.8 Å². The maximum Gasteiger partial charge on any atom is 0.322 e. The largest absolute Gasteiger partial charge is 0.466 e. The second-order valence-electron chi connectivity index (χ2n) is 5.08. The van der Waals surface area contributed by atoms with E-state index in [1.165, 1.54) is 6.08 Å². The molecule has 0 spiro atoms. The topological polar surface area (TPSA) is 81.2 Å². The van der Waals surface area contributed by atoms with Crippen LogP contribution in [-0.4, -0.2) is 16.1 Å². The molecular formula is C17H14ClN3O3. The highest BCUT2D eigenvalue weighted by molar-refractivity contribution is 6.32. The van der Waals surface area contributed by atoms with Crippen molar-refractivity contribution in [2.24, 2.45) is 0 Å². The van der Waals surface area contributed by atoms with E-state index < -0.39 is 5.91 Å². The minimum absolute atomic E-state index is 0.0112. The standard InChI is InChI=1S/C17H14ClN3O3/c1-10-9-13(11(2)23-10)16-20-21-17(24-16)19-15(22)8-7-12-5-3-4-6-14(12)18/h3-9H,1-2H3,(H,19,21,22). The smallest absolute Gasteiger partial charge is 0.322 e. The van der Waals surface area contributed by atoms with Gasteiger partial charge in [0.1, 0.15) is 11.5 Å². The van der Waals surface area contributed by atoms with Crippen LogP contribution in [0.2, 0.25) is 5.02 Å². The van der Waals surface area contributed by atoms with E-state index in [2.05, 4.69) is 15.5 Å². The molecule has 3 rings (SSSR count). The van der Waals surface area contributed by atoms with Crippen molar-refractivity contribution in [3.05, 3.63) is 58.5 Å². The predicted octanol–water partition coefficient (Wildman–Crippen LogP) is 4.25. The van der Waals surface area contributed by atoms with E-state index in [1.54, 1.807) is 31.2 Å². The molecule has 1 amide bonds. The van der Waals surface area contributed by atoms with E-state index in [9.17, 15) is 4.79 Å². The third-order valence-corrected chi connectivity index (χ3v) is 3.59. The molecule has 7 heteroatoms. The van der Waals surface area contributed by atoms with Crippen molar-refractivity contribution in [1.82, 2.24) is 10.2 Å². The van der Waals surface area contributed by atoms with E-state index in [1.807, 2.05) is 19.1 Å². The van der Waals surface area contributed by atoms with E-state index in [0.29, 0.717) is 16.3 Å². The molecule has 2 heterocycles. The SMILES string of the molecule is Cc1cc(-c2nnc(NC(=O)C=Cc3ccccc3Cl)o2)c(C)o1. The van der Waals surface area contributed by atoms with Crippen LogP contribution in [0.1, 0.15) is 17.1 Å². The molecule has 0 saturated heterocycles. The summed E-state index contributed by atoms with van der Waals surface area (Å²) >= 11 is 6.02. The van der Waals surface area contributed by atoms with E-state index in [-0.39, 0.29) is 11.9 Å². The molecule has 0 bridgehead atoms. The monoisotopic (exact) mass is 343 g/mol. The lowest BCUT2D eigenvalue weighted by Gasteiger charge is -1.97. The third-order valence-electron chi connectivity index (χ3n) is 3.25. The number of nitrogens with zero attached hydrogens (tertiary/aromatic N) is 2. The van der Waals surface area contributed by atoms with Crippen molar-refractivity contribution in [2.75, 3.05) is 5.32 Å². The number of hydrogen-bond acceptors (Lipinski definition) is 5. The molecule has 3 aromatic rings. The van der Waals surface area contributed by atoms with Crippen LogP contribution in [0, 0.1) is 13.8 Å². The lowest BCUT2D eigenvalue weighted by atomic mass is 10.2. The molecule has 0 aliphatic rings. The van der Waals surface area contributed by atoms with E-state index in [4.69, 9.17) is 20.4 Å². The van der Waals surface area contributed by atoms with Gasteiger partial charge >= 0.3 is 6.01 Å². The predicted molar refractivity (Wildman–Crippen MR) is 90.6 cm³/mol. The van der Waals surface area contributed by atoms with Gasteiger partial charge in [0.15, 0.2) is 0 Å². The van der Waals surface area contributed by atoms with Crippen molar-refractivity contribution in [3.8, 4) is 11.5 Å². The number of rotatable bonds is 4. The molecule has 6 nitrogen and oxygen atoms in total. The first kappa shape index (κ1) is 16.0. The molecule has 1 aromatic carbocycles. The van der Waals surface area contributed by atoms with Crippen LogP contribution in [0.3, 0.4) is 0 Å². The molecule has 0 unspecified atom stereocenters. The van der Waals surface area contributed by atoms with Crippen LogP contribution in [0.25, 0.3) is 17.5 Å². The molecule has 2 aromatic heterocycles. The summed E-state index contributed by atoms with van der Waals surface area (Å²) in [6, 6.07) is 9.02. The summed E-state index contributed by atoms with van der Waals surface area (Å²) in [5.74, 6) is 1.31. The summed E-state index contributed by atoms with van der Waals surface area (Å²) in [5, 5.41) is 10.8. The zero-order valence-corrected chi connectivity index (χ0v) is 13.8. The zero-order valence-electron chi connectivity index (χ0n) is 13.0. The Hall–Kier alpha value is -2.86. The van der Waals surface area contributed by atoms with Gasteiger partial charge in [-0.05, 0) is 37.6 Å². The van der Waals surface area contributed by atoms with Gasteiger partial charge in [0.2, 0.25) is 0 Å². The van der Waals surface area contributed by atoms with Crippen LogP contribution >= 0.6 is 11.6 Å². The fourth-order valence-corrected chi connectivity index (χ4v) is 2.35. The molecule has 0 aliphatic heterocycles. The van der Waals surface area contributed by atoms with Crippen molar-refractivity contribution in [3.63, 3.8) is 0 Å². The number of amides is 1. The summed E-state index contributed by atoms with van der Waals surface area (Å²) in [5.41, 5.74) is 1.44. The molecule has 24 heavy (non-hydrogen) atoms. The van der Waals surface area contributed by atoms with Gasteiger partial charge in [-0.15, -0.1) is 5.10 Å². The molecule has 0 saturated carbocycles. The Morgan fingerprint density at radius 2 is 2.00 bits per heavy atom. The summed E-state index contributed by atoms with van der Waals surface area (Å²) < 4.78 is 10.9. The summed E-state index contributed by atoms with van der Waals surface area (Å²) in [6.45, 7) is 3.63. The van der Waals surface area contributed by atoms with Gasteiger partial charge in [0.05, 0.1) is 5.56 Å².